The third-order valence-corrected chi connectivity index (χ3v) is 4.58. The summed E-state index contributed by atoms with van der Waals surface area (Å²) in [5, 5.41) is 3.04. The lowest BCUT2D eigenvalue weighted by atomic mass is 10.2. The molecule has 2 amide bonds. The van der Waals surface area contributed by atoms with Gasteiger partial charge in [0.25, 0.3) is 11.8 Å². The fourth-order valence-corrected chi connectivity index (χ4v) is 2.98. The summed E-state index contributed by atoms with van der Waals surface area (Å²) in [5.41, 5.74) is 1.50. The van der Waals surface area contributed by atoms with E-state index in [1.54, 1.807) is 41.3 Å². The zero-order valence-electron chi connectivity index (χ0n) is 15.3. The number of rotatable bonds is 5. The summed E-state index contributed by atoms with van der Waals surface area (Å²) in [6.07, 6.45) is 5.23. The van der Waals surface area contributed by atoms with Crippen molar-refractivity contribution in [2.45, 2.75) is 0 Å². The van der Waals surface area contributed by atoms with Gasteiger partial charge in [0.05, 0.1) is 23.8 Å². The molecule has 0 saturated carbocycles. The van der Waals surface area contributed by atoms with Gasteiger partial charge in [0.2, 0.25) is 0 Å². The second kappa shape index (κ2) is 9.88. The highest BCUT2D eigenvalue weighted by Crippen LogP contribution is 2.15. The highest BCUT2D eigenvalue weighted by atomic mass is 35.5. The largest absolute Gasteiger partial charge is 0.378 e. The molecular weight excluding hydrogens is 376 g/mol. The first kappa shape index (κ1) is 19.9. The van der Waals surface area contributed by atoms with Crippen molar-refractivity contribution < 1.29 is 14.3 Å². The molecule has 1 fully saturated rings. The van der Waals surface area contributed by atoms with Crippen molar-refractivity contribution in [3.05, 3.63) is 88.6 Å². The van der Waals surface area contributed by atoms with E-state index in [4.69, 9.17) is 16.3 Å². The van der Waals surface area contributed by atoms with Crippen LogP contribution in [0.25, 0.3) is 6.08 Å². The molecule has 1 aliphatic heterocycles. The molecule has 5 nitrogen and oxygen atoms in total. The molecular formula is C22H21ClN2O3. The van der Waals surface area contributed by atoms with Crippen LogP contribution < -0.4 is 5.32 Å². The van der Waals surface area contributed by atoms with Gasteiger partial charge >= 0.3 is 0 Å². The molecule has 2 aromatic carbocycles. The minimum Gasteiger partial charge on any atom is -0.378 e. The minimum absolute atomic E-state index is 0.194. The van der Waals surface area contributed by atoms with Gasteiger partial charge in [0.1, 0.15) is 5.70 Å². The molecule has 0 radical (unpaired) electrons. The van der Waals surface area contributed by atoms with Crippen molar-refractivity contribution in [3.8, 4) is 0 Å². The number of ether oxygens (including phenoxy) is 1. The molecule has 1 aliphatic rings. The van der Waals surface area contributed by atoms with Crippen molar-refractivity contribution in [2.24, 2.45) is 0 Å². The zero-order chi connectivity index (χ0) is 19.8. The summed E-state index contributed by atoms with van der Waals surface area (Å²) in [7, 11) is 0. The van der Waals surface area contributed by atoms with Gasteiger partial charge in [-0.25, -0.2) is 0 Å². The van der Waals surface area contributed by atoms with Crippen LogP contribution in [0.15, 0.2) is 72.4 Å². The molecule has 0 atom stereocenters. The summed E-state index contributed by atoms with van der Waals surface area (Å²) in [6, 6.07) is 16.4. The molecule has 0 bridgehead atoms. The summed E-state index contributed by atoms with van der Waals surface area (Å²) in [6.45, 7) is 1.94. The Morgan fingerprint density at radius 2 is 1.68 bits per heavy atom. The summed E-state index contributed by atoms with van der Waals surface area (Å²) >= 11 is 6.11. The van der Waals surface area contributed by atoms with Crippen molar-refractivity contribution in [1.82, 2.24) is 10.2 Å². The van der Waals surface area contributed by atoms with Crippen LogP contribution >= 0.6 is 11.6 Å². The molecule has 1 N–H and O–H groups in total. The van der Waals surface area contributed by atoms with Crippen LogP contribution in [0.4, 0.5) is 0 Å². The van der Waals surface area contributed by atoms with Gasteiger partial charge in [0, 0.05) is 13.1 Å². The maximum absolute atomic E-state index is 12.9. The summed E-state index contributed by atoms with van der Waals surface area (Å²) in [4.78, 5) is 27.2. The standard InChI is InChI=1S/C22H21ClN2O3/c23-19-11-5-4-10-18(19)21(26)24-20(22(27)25-13-15-28-16-14-25)12-6-9-17-7-2-1-3-8-17/h1-12H,13-16H2,(H,24,26)/b9-6+,20-12-. The third-order valence-electron chi connectivity index (χ3n) is 4.25. The van der Waals surface area contributed by atoms with Gasteiger partial charge in [-0.2, -0.15) is 0 Å². The fraction of sp³-hybridized carbons (Fsp3) is 0.182. The van der Waals surface area contributed by atoms with E-state index in [1.807, 2.05) is 36.4 Å². The number of hydrogen-bond donors (Lipinski definition) is 1. The quantitative estimate of drug-likeness (QED) is 0.621. The van der Waals surface area contributed by atoms with E-state index in [1.165, 1.54) is 0 Å². The Morgan fingerprint density at radius 3 is 2.39 bits per heavy atom. The number of nitrogens with zero attached hydrogens (tertiary/aromatic N) is 1. The number of allylic oxidation sites excluding steroid dienone is 2. The molecule has 28 heavy (non-hydrogen) atoms. The van der Waals surface area contributed by atoms with Crippen molar-refractivity contribution >= 4 is 29.5 Å². The predicted octanol–water partition coefficient (Wildman–Crippen LogP) is 3.53. The number of carbonyl (C=O) groups excluding carboxylic acids is 2. The lowest BCUT2D eigenvalue weighted by molar-refractivity contribution is -0.131. The topological polar surface area (TPSA) is 58.6 Å². The maximum atomic E-state index is 12.9. The smallest absolute Gasteiger partial charge is 0.270 e. The number of nitrogens with one attached hydrogen (secondary N) is 1. The molecule has 1 saturated heterocycles. The first-order chi connectivity index (χ1) is 13.6. The molecule has 1 heterocycles. The van der Waals surface area contributed by atoms with Crippen LogP contribution in [0.1, 0.15) is 15.9 Å². The molecule has 6 heteroatoms. The Labute approximate surface area is 169 Å². The van der Waals surface area contributed by atoms with Gasteiger partial charge in [-0.3, -0.25) is 9.59 Å². The van der Waals surface area contributed by atoms with Crippen molar-refractivity contribution in [1.29, 1.82) is 0 Å². The molecule has 0 unspecified atom stereocenters. The van der Waals surface area contributed by atoms with Crippen molar-refractivity contribution in [2.75, 3.05) is 26.3 Å². The highest BCUT2D eigenvalue weighted by Gasteiger charge is 2.22. The Bertz CT molecular complexity index is 888. The van der Waals surface area contributed by atoms with Crippen LogP contribution in [0.5, 0.6) is 0 Å². The van der Waals surface area contributed by atoms with E-state index < -0.39 is 5.91 Å². The van der Waals surface area contributed by atoms with E-state index in [2.05, 4.69) is 5.32 Å². The van der Waals surface area contributed by atoms with Crippen LogP contribution in [-0.2, 0) is 9.53 Å². The minimum atomic E-state index is -0.424. The molecule has 0 spiro atoms. The summed E-state index contributed by atoms with van der Waals surface area (Å²) < 4.78 is 5.30. The lowest BCUT2D eigenvalue weighted by Gasteiger charge is -2.27. The third kappa shape index (κ3) is 5.31. The molecule has 3 rings (SSSR count). The molecule has 0 aliphatic carbocycles. The Hall–Kier alpha value is -2.89. The normalized spacial score (nSPS) is 14.9. The second-order valence-corrected chi connectivity index (χ2v) is 6.60. The van der Waals surface area contributed by atoms with Crippen LogP contribution in [0.2, 0.25) is 5.02 Å². The monoisotopic (exact) mass is 396 g/mol. The van der Waals surface area contributed by atoms with Gasteiger partial charge in [-0.15, -0.1) is 0 Å². The van der Waals surface area contributed by atoms with Crippen LogP contribution in [0.3, 0.4) is 0 Å². The fourth-order valence-electron chi connectivity index (χ4n) is 2.76. The Kier molecular flexibility index (Phi) is 7.00. The Morgan fingerprint density at radius 1 is 1.00 bits per heavy atom. The number of amides is 2. The number of hydrogen-bond acceptors (Lipinski definition) is 3. The highest BCUT2D eigenvalue weighted by molar-refractivity contribution is 6.34. The second-order valence-electron chi connectivity index (χ2n) is 6.19. The van der Waals surface area contributed by atoms with Crippen LogP contribution in [-0.4, -0.2) is 43.0 Å². The van der Waals surface area contributed by atoms with E-state index in [-0.39, 0.29) is 11.6 Å². The van der Waals surface area contributed by atoms with Crippen LogP contribution in [0, 0.1) is 0 Å². The maximum Gasteiger partial charge on any atom is 0.270 e. The number of halogens is 1. The molecule has 144 valence electrons. The average molecular weight is 397 g/mol. The number of carbonyl (C=O) groups is 2. The number of benzene rings is 2. The van der Waals surface area contributed by atoms with Gasteiger partial charge in [-0.05, 0) is 23.8 Å². The summed E-state index contributed by atoms with van der Waals surface area (Å²) in [5.74, 6) is -0.673. The van der Waals surface area contributed by atoms with E-state index in [0.717, 1.165) is 5.56 Å². The SMILES string of the molecule is O=C(N/C(=C\C=C\c1ccccc1)C(=O)N1CCOCC1)c1ccccc1Cl. The lowest BCUT2D eigenvalue weighted by Crippen LogP contribution is -2.44. The van der Waals surface area contributed by atoms with E-state index in [0.29, 0.717) is 36.9 Å². The first-order valence-corrected chi connectivity index (χ1v) is 9.39. The average Bonchev–Trinajstić information content (AvgIpc) is 2.74. The van der Waals surface area contributed by atoms with Crippen molar-refractivity contribution in [3.63, 3.8) is 0 Å². The van der Waals surface area contributed by atoms with E-state index >= 15 is 0 Å². The van der Waals surface area contributed by atoms with Gasteiger partial charge in [-0.1, -0.05) is 66.2 Å². The van der Waals surface area contributed by atoms with E-state index in [9.17, 15) is 9.59 Å². The number of morpholine rings is 1. The zero-order valence-corrected chi connectivity index (χ0v) is 16.1. The van der Waals surface area contributed by atoms with Gasteiger partial charge in [0.15, 0.2) is 0 Å². The predicted molar refractivity (Wildman–Crippen MR) is 110 cm³/mol. The first-order valence-electron chi connectivity index (χ1n) is 9.01. The van der Waals surface area contributed by atoms with Gasteiger partial charge < -0.3 is 15.0 Å². The molecule has 0 aromatic heterocycles. The Balaban J connectivity index is 1.82. The molecule has 2 aromatic rings.